The highest BCUT2D eigenvalue weighted by Gasteiger charge is 2.35. The highest BCUT2D eigenvalue weighted by Crippen LogP contribution is 2.52. The molecule has 0 heterocycles. The summed E-state index contributed by atoms with van der Waals surface area (Å²) in [7, 11) is -0.0205. The average molecular weight is 350 g/mol. The van der Waals surface area contributed by atoms with Crippen molar-refractivity contribution < 1.29 is 27.7 Å². The van der Waals surface area contributed by atoms with Crippen LogP contribution in [0.4, 0.5) is 0 Å². The maximum absolute atomic E-state index is 12.9. The fourth-order valence-electron chi connectivity index (χ4n) is 2.17. The van der Waals surface area contributed by atoms with Crippen molar-refractivity contribution in [2.24, 2.45) is 0 Å². The summed E-state index contributed by atoms with van der Waals surface area (Å²) in [4.78, 5) is 12.9. The molecule has 0 aliphatic carbocycles. The Morgan fingerprint density at radius 2 is 1.50 bits per heavy atom. The Morgan fingerprint density at radius 1 is 0.917 bits per heavy atom. The number of hydrogen-bond acceptors (Lipinski definition) is 6. The van der Waals surface area contributed by atoms with E-state index < -0.39 is 13.9 Å². The highest BCUT2D eigenvalue weighted by atomic mass is 31.2. The van der Waals surface area contributed by atoms with E-state index in [1.54, 1.807) is 54.6 Å². The summed E-state index contributed by atoms with van der Waals surface area (Å²) in [6.07, 6.45) is -1.20. The predicted molar refractivity (Wildman–Crippen MR) is 89.2 cm³/mol. The Kier molecular flexibility index (Phi) is 6.29. The van der Waals surface area contributed by atoms with E-state index in [0.717, 1.165) is 0 Å². The van der Waals surface area contributed by atoms with E-state index in [9.17, 15) is 9.36 Å². The normalized spacial score (nSPS) is 12.6. The molecule has 1 atom stereocenters. The van der Waals surface area contributed by atoms with E-state index in [2.05, 4.69) is 0 Å². The maximum atomic E-state index is 12.9. The second kappa shape index (κ2) is 8.22. The molecule has 0 bridgehead atoms. The third-order valence-electron chi connectivity index (χ3n) is 3.40. The quantitative estimate of drug-likeness (QED) is 0.529. The monoisotopic (exact) mass is 350 g/mol. The largest absolute Gasteiger partial charge is 0.496 e. The minimum absolute atomic E-state index is 0.380. The maximum Gasteiger partial charge on any atom is 0.475 e. The lowest BCUT2D eigenvalue weighted by atomic mass is 9.99. The molecule has 0 amide bonds. The molecule has 6 nitrogen and oxygen atoms in total. The van der Waals surface area contributed by atoms with E-state index in [-0.39, 0.29) is 5.78 Å². The molecule has 0 aliphatic rings. The van der Waals surface area contributed by atoms with E-state index in [1.165, 1.54) is 21.3 Å². The summed E-state index contributed by atoms with van der Waals surface area (Å²) in [6.45, 7) is 0. The molecule has 0 saturated heterocycles. The zero-order valence-corrected chi connectivity index (χ0v) is 14.6. The molecule has 0 unspecified atom stereocenters. The Bertz CT molecular complexity index is 723. The molecule has 7 heteroatoms. The molecular weight excluding hydrogens is 331 g/mol. The topological polar surface area (TPSA) is 71.1 Å². The summed E-state index contributed by atoms with van der Waals surface area (Å²) in [5, 5.41) is 0. The van der Waals surface area contributed by atoms with Gasteiger partial charge in [-0.3, -0.25) is 18.4 Å². The number of carbonyl (C=O) groups excluding carboxylic acids is 1. The first kappa shape index (κ1) is 18.4. The van der Waals surface area contributed by atoms with Gasteiger partial charge in [0.25, 0.3) is 0 Å². The standard InChI is InChI=1S/C17H19O6P/c1-20-15-12-8-7-11-14(15)17(23-24(19,21-2)22-3)16(18)13-9-5-4-6-10-13/h4-12,17H,1-3H3/t17-/m0/s1. The molecule has 24 heavy (non-hydrogen) atoms. The number of phosphoric acid groups is 1. The van der Waals surface area contributed by atoms with Crippen molar-refractivity contribution in [2.75, 3.05) is 21.3 Å². The number of rotatable bonds is 8. The Hall–Kier alpha value is -1.98. The minimum Gasteiger partial charge on any atom is -0.496 e. The highest BCUT2D eigenvalue weighted by molar-refractivity contribution is 7.48. The summed E-state index contributed by atoms with van der Waals surface area (Å²) in [5.74, 6) is 0.0555. The summed E-state index contributed by atoms with van der Waals surface area (Å²) in [6, 6.07) is 15.4. The third kappa shape index (κ3) is 4.10. The number of phosphoric ester groups is 1. The van der Waals surface area contributed by atoms with Crippen LogP contribution in [0.1, 0.15) is 22.0 Å². The minimum atomic E-state index is -3.88. The second-order valence-corrected chi connectivity index (χ2v) is 6.61. The van der Waals surface area contributed by atoms with Crippen LogP contribution in [0.3, 0.4) is 0 Å². The summed E-state index contributed by atoms with van der Waals surface area (Å²) in [5.41, 5.74) is 0.843. The number of hydrogen-bond donors (Lipinski definition) is 0. The van der Waals surface area contributed by atoms with Gasteiger partial charge in [0, 0.05) is 25.3 Å². The summed E-state index contributed by atoms with van der Waals surface area (Å²) < 4.78 is 32.8. The van der Waals surface area contributed by atoms with Gasteiger partial charge >= 0.3 is 7.82 Å². The van der Waals surface area contributed by atoms with Crippen molar-refractivity contribution in [2.45, 2.75) is 6.10 Å². The fraction of sp³-hybridized carbons (Fsp3) is 0.235. The van der Waals surface area contributed by atoms with Gasteiger partial charge in [-0.25, -0.2) is 4.57 Å². The van der Waals surface area contributed by atoms with Crippen LogP contribution in [0.25, 0.3) is 0 Å². The fourth-order valence-corrected chi connectivity index (χ4v) is 2.96. The van der Waals surface area contributed by atoms with Gasteiger partial charge in [-0.2, -0.15) is 0 Å². The van der Waals surface area contributed by atoms with Gasteiger partial charge in [-0.05, 0) is 6.07 Å². The number of methoxy groups -OCH3 is 1. The van der Waals surface area contributed by atoms with Gasteiger partial charge in [-0.1, -0.05) is 48.5 Å². The van der Waals surface area contributed by atoms with Crippen molar-refractivity contribution in [3.8, 4) is 5.75 Å². The van der Waals surface area contributed by atoms with Gasteiger partial charge in [0.15, 0.2) is 11.9 Å². The molecule has 0 saturated carbocycles. The van der Waals surface area contributed by atoms with Crippen molar-refractivity contribution >= 4 is 13.6 Å². The van der Waals surface area contributed by atoms with Crippen molar-refractivity contribution in [3.63, 3.8) is 0 Å². The average Bonchev–Trinajstić information content (AvgIpc) is 2.66. The first-order chi connectivity index (χ1) is 11.5. The van der Waals surface area contributed by atoms with Crippen LogP contribution in [0.5, 0.6) is 5.75 Å². The van der Waals surface area contributed by atoms with E-state index in [4.69, 9.17) is 18.3 Å². The first-order valence-corrected chi connectivity index (χ1v) is 8.62. The zero-order valence-electron chi connectivity index (χ0n) is 13.7. The number of ketones is 1. The number of benzene rings is 2. The van der Waals surface area contributed by atoms with Crippen LogP contribution in [-0.4, -0.2) is 27.1 Å². The molecule has 2 aromatic rings. The molecule has 0 fully saturated rings. The molecule has 0 spiro atoms. The van der Waals surface area contributed by atoms with E-state index in [0.29, 0.717) is 16.9 Å². The van der Waals surface area contributed by atoms with Crippen molar-refractivity contribution in [3.05, 3.63) is 65.7 Å². The molecule has 128 valence electrons. The second-order valence-electron chi connectivity index (χ2n) is 4.77. The van der Waals surface area contributed by atoms with Crippen LogP contribution in [0, 0.1) is 0 Å². The lowest BCUT2D eigenvalue weighted by molar-refractivity contribution is 0.0652. The van der Waals surface area contributed by atoms with Crippen LogP contribution in [0.15, 0.2) is 54.6 Å². The smallest absolute Gasteiger partial charge is 0.475 e. The predicted octanol–water partition coefficient (Wildman–Crippen LogP) is 4.04. The molecule has 0 radical (unpaired) electrons. The van der Waals surface area contributed by atoms with Gasteiger partial charge in [0.05, 0.1) is 7.11 Å². The Labute approximate surface area is 140 Å². The van der Waals surface area contributed by atoms with E-state index in [1.807, 2.05) is 0 Å². The Morgan fingerprint density at radius 3 is 2.08 bits per heavy atom. The molecule has 2 rings (SSSR count). The SMILES string of the molecule is COc1ccccc1[C@H](OP(=O)(OC)OC)C(=O)c1ccccc1. The van der Waals surface area contributed by atoms with Gasteiger partial charge in [0.2, 0.25) is 0 Å². The zero-order chi connectivity index (χ0) is 17.6. The van der Waals surface area contributed by atoms with Crippen LogP contribution >= 0.6 is 7.82 Å². The van der Waals surface area contributed by atoms with Gasteiger partial charge in [-0.15, -0.1) is 0 Å². The summed E-state index contributed by atoms with van der Waals surface area (Å²) >= 11 is 0. The lowest BCUT2D eigenvalue weighted by Gasteiger charge is -2.22. The number of para-hydroxylation sites is 1. The van der Waals surface area contributed by atoms with Gasteiger partial charge < -0.3 is 4.74 Å². The molecule has 0 aromatic heterocycles. The van der Waals surface area contributed by atoms with E-state index >= 15 is 0 Å². The number of ether oxygens (including phenoxy) is 1. The van der Waals surface area contributed by atoms with Crippen molar-refractivity contribution in [1.82, 2.24) is 0 Å². The molecule has 2 aromatic carbocycles. The van der Waals surface area contributed by atoms with Crippen molar-refractivity contribution in [1.29, 1.82) is 0 Å². The molecule has 0 N–H and O–H groups in total. The third-order valence-corrected chi connectivity index (χ3v) is 4.76. The lowest BCUT2D eigenvalue weighted by Crippen LogP contribution is -2.17. The van der Waals surface area contributed by atoms with Gasteiger partial charge in [0.1, 0.15) is 5.75 Å². The van der Waals surface area contributed by atoms with Crippen LogP contribution in [0.2, 0.25) is 0 Å². The number of carbonyl (C=O) groups is 1. The van der Waals surface area contributed by atoms with Crippen LogP contribution < -0.4 is 4.74 Å². The first-order valence-electron chi connectivity index (χ1n) is 7.16. The molecule has 0 aliphatic heterocycles. The molecular formula is C17H19O6P. The number of Topliss-reactive ketones (excluding diaryl/α,β-unsaturated/α-hetero) is 1. The Balaban J connectivity index is 2.49. The van der Waals surface area contributed by atoms with Crippen LogP contribution in [-0.2, 0) is 18.1 Å².